The van der Waals surface area contributed by atoms with E-state index in [4.69, 9.17) is 18.9 Å². The first-order valence-electron chi connectivity index (χ1n) is 18.1. The standard InChI is InChI=1S/C38H51N5O8.C2H6/c1-38(2,3)51-36(46)39-21-13-20-33(42-37(47)50-29-32-18-11-6-12-19-32)26-43(24-22-40-34(44)48-27-30-14-7-4-8-15-30)25-23-41-35(45)49-28-31-16-9-5-10-17-31;1-2/h4-12,14-19,33H,13,20-29H2,1-3H3,(H,39,46)(H,40,44)(H,41,45)(H,42,47);1-2H3. The number of hydrogen-bond acceptors (Lipinski definition) is 9. The number of nitrogens with one attached hydrogen (secondary N) is 4. The van der Waals surface area contributed by atoms with Crippen LogP contribution in [0.4, 0.5) is 19.2 Å². The molecule has 290 valence electrons. The largest absolute Gasteiger partial charge is 0.445 e. The van der Waals surface area contributed by atoms with Crippen LogP contribution in [0.15, 0.2) is 91.0 Å². The van der Waals surface area contributed by atoms with E-state index < -0.39 is 36.0 Å². The molecule has 0 heterocycles. The lowest BCUT2D eigenvalue weighted by atomic mass is 10.1. The Morgan fingerprint density at radius 3 is 1.40 bits per heavy atom. The van der Waals surface area contributed by atoms with Gasteiger partial charge >= 0.3 is 24.4 Å². The zero-order valence-corrected chi connectivity index (χ0v) is 31.7. The van der Waals surface area contributed by atoms with Gasteiger partial charge < -0.3 is 40.2 Å². The molecule has 0 spiro atoms. The van der Waals surface area contributed by atoms with E-state index in [1.54, 1.807) is 20.8 Å². The second-order valence-electron chi connectivity index (χ2n) is 12.8. The molecule has 0 fully saturated rings. The van der Waals surface area contributed by atoms with Crippen molar-refractivity contribution in [1.29, 1.82) is 0 Å². The Bertz CT molecular complexity index is 1390. The molecule has 0 aliphatic carbocycles. The Labute approximate surface area is 314 Å². The number of rotatable bonds is 19. The average molecular weight is 736 g/mol. The zero-order valence-electron chi connectivity index (χ0n) is 31.7. The number of carbonyl (C=O) groups excluding carboxylic acids is 4. The normalized spacial score (nSPS) is 11.2. The summed E-state index contributed by atoms with van der Waals surface area (Å²) in [5.41, 5.74) is 1.96. The van der Waals surface area contributed by atoms with Gasteiger partial charge in [0.15, 0.2) is 0 Å². The first-order valence-corrected chi connectivity index (χ1v) is 18.1. The topological polar surface area (TPSA) is 157 Å². The fraction of sp³-hybridized carbons (Fsp3) is 0.450. The summed E-state index contributed by atoms with van der Waals surface area (Å²) in [5, 5.41) is 11.2. The highest BCUT2D eigenvalue weighted by Crippen LogP contribution is 2.08. The van der Waals surface area contributed by atoms with Crippen molar-refractivity contribution in [1.82, 2.24) is 26.2 Å². The van der Waals surface area contributed by atoms with E-state index in [-0.39, 0.29) is 32.9 Å². The van der Waals surface area contributed by atoms with Crippen LogP contribution < -0.4 is 21.3 Å². The summed E-state index contributed by atoms with van der Waals surface area (Å²) >= 11 is 0. The molecular formula is C40H57N5O8. The average Bonchev–Trinajstić information content (AvgIpc) is 3.15. The number of carbonyl (C=O) groups is 4. The van der Waals surface area contributed by atoms with Crippen LogP contribution in [-0.4, -0.2) is 80.2 Å². The summed E-state index contributed by atoms with van der Waals surface area (Å²) in [7, 11) is 0. The van der Waals surface area contributed by atoms with Gasteiger partial charge in [0.25, 0.3) is 0 Å². The van der Waals surface area contributed by atoms with Gasteiger partial charge in [0.05, 0.1) is 0 Å². The van der Waals surface area contributed by atoms with Gasteiger partial charge in [-0.2, -0.15) is 0 Å². The van der Waals surface area contributed by atoms with E-state index in [0.29, 0.717) is 39.0 Å². The molecule has 13 heteroatoms. The van der Waals surface area contributed by atoms with Crippen molar-refractivity contribution in [2.45, 2.75) is 78.9 Å². The molecule has 3 aromatic carbocycles. The molecule has 4 amide bonds. The lowest BCUT2D eigenvalue weighted by molar-refractivity contribution is 0.0525. The fourth-order valence-electron chi connectivity index (χ4n) is 4.78. The molecule has 3 aromatic rings. The van der Waals surface area contributed by atoms with Crippen LogP contribution in [0, 0.1) is 0 Å². The first kappa shape index (κ1) is 43.9. The summed E-state index contributed by atoms with van der Waals surface area (Å²) < 4.78 is 21.5. The first-order chi connectivity index (χ1) is 25.6. The third kappa shape index (κ3) is 21.6. The van der Waals surface area contributed by atoms with Crippen molar-refractivity contribution < 1.29 is 38.1 Å². The van der Waals surface area contributed by atoms with Crippen LogP contribution in [-0.2, 0) is 38.8 Å². The number of alkyl carbamates (subject to hydrolysis) is 4. The van der Waals surface area contributed by atoms with Gasteiger partial charge in [-0.3, -0.25) is 4.90 Å². The Morgan fingerprint density at radius 1 is 0.585 bits per heavy atom. The number of benzene rings is 3. The van der Waals surface area contributed by atoms with E-state index in [9.17, 15) is 19.2 Å². The quantitative estimate of drug-likeness (QED) is 0.0771. The number of amides is 4. The molecule has 0 aliphatic heterocycles. The molecule has 0 radical (unpaired) electrons. The van der Waals surface area contributed by atoms with Crippen molar-refractivity contribution in [2.24, 2.45) is 0 Å². The van der Waals surface area contributed by atoms with Crippen molar-refractivity contribution in [2.75, 3.05) is 39.3 Å². The maximum absolute atomic E-state index is 12.9. The maximum Gasteiger partial charge on any atom is 0.407 e. The number of nitrogens with zero attached hydrogens (tertiary/aromatic N) is 1. The number of ether oxygens (including phenoxy) is 4. The summed E-state index contributed by atoms with van der Waals surface area (Å²) in [6.45, 7) is 11.7. The molecule has 53 heavy (non-hydrogen) atoms. The molecule has 1 atom stereocenters. The highest BCUT2D eigenvalue weighted by atomic mass is 16.6. The van der Waals surface area contributed by atoms with Gasteiger partial charge in [-0.05, 0) is 50.3 Å². The molecule has 0 aliphatic rings. The van der Waals surface area contributed by atoms with E-state index in [0.717, 1.165) is 16.7 Å². The molecular weight excluding hydrogens is 678 g/mol. The van der Waals surface area contributed by atoms with Gasteiger partial charge in [0, 0.05) is 45.3 Å². The van der Waals surface area contributed by atoms with E-state index in [1.807, 2.05) is 110 Å². The van der Waals surface area contributed by atoms with Crippen LogP contribution in [0.1, 0.15) is 64.2 Å². The predicted octanol–water partition coefficient (Wildman–Crippen LogP) is 6.77. The van der Waals surface area contributed by atoms with Crippen molar-refractivity contribution in [3.8, 4) is 0 Å². The fourth-order valence-corrected chi connectivity index (χ4v) is 4.78. The maximum atomic E-state index is 12.9. The SMILES string of the molecule is CC.CC(C)(C)OC(=O)NCCCC(CN(CCNC(=O)OCc1ccccc1)CCNC(=O)OCc1ccccc1)NC(=O)OCc1ccccc1. The monoisotopic (exact) mass is 735 g/mol. The molecule has 4 N–H and O–H groups in total. The zero-order chi connectivity index (χ0) is 38.7. The van der Waals surface area contributed by atoms with Crippen LogP contribution in [0.5, 0.6) is 0 Å². The third-order valence-corrected chi connectivity index (χ3v) is 7.23. The predicted molar refractivity (Wildman–Crippen MR) is 204 cm³/mol. The van der Waals surface area contributed by atoms with Gasteiger partial charge in [-0.15, -0.1) is 0 Å². The lowest BCUT2D eigenvalue weighted by Crippen LogP contribution is -2.48. The van der Waals surface area contributed by atoms with Gasteiger partial charge in [-0.1, -0.05) is 105 Å². The highest BCUT2D eigenvalue weighted by Gasteiger charge is 2.20. The summed E-state index contributed by atoms with van der Waals surface area (Å²) in [6, 6.07) is 27.7. The third-order valence-electron chi connectivity index (χ3n) is 7.23. The van der Waals surface area contributed by atoms with Gasteiger partial charge in [0.1, 0.15) is 25.4 Å². The molecule has 0 aromatic heterocycles. The van der Waals surface area contributed by atoms with E-state index in [2.05, 4.69) is 21.3 Å². The number of hydrogen-bond donors (Lipinski definition) is 4. The van der Waals surface area contributed by atoms with E-state index >= 15 is 0 Å². The molecule has 13 nitrogen and oxygen atoms in total. The molecule has 1 unspecified atom stereocenters. The lowest BCUT2D eigenvalue weighted by Gasteiger charge is -2.28. The van der Waals surface area contributed by atoms with Crippen molar-refractivity contribution in [3.05, 3.63) is 108 Å². The van der Waals surface area contributed by atoms with Gasteiger partial charge in [-0.25, -0.2) is 19.2 Å². The second-order valence-corrected chi connectivity index (χ2v) is 12.8. The Hall–Kier alpha value is -5.30. The Kier molecular flexibility index (Phi) is 21.2. The Morgan fingerprint density at radius 2 is 0.981 bits per heavy atom. The van der Waals surface area contributed by atoms with Crippen molar-refractivity contribution >= 4 is 24.4 Å². The highest BCUT2D eigenvalue weighted by molar-refractivity contribution is 5.68. The minimum Gasteiger partial charge on any atom is -0.445 e. The summed E-state index contributed by atoms with van der Waals surface area (Å²) in [4.78, 5) is 51.9. The minimum absolute atomic E-state index is 0.104. The summed E-state index contributed by atoms with van der Waals surface area (Å²) in [5.74, 6) is 0. The second kappa shape index (κ2) is 25.6. The van der Waals surface area contributed by atoms with Crippen molar-refractivity contribution in [3.63, 3.8) is 0 Å². The molecule has 3 rings (SSSR count). The van der Waals surface area contributed by atoms with Crippen LogP contribution in [0.2, 0.25) is 0 Å². The summed E-state index contributed by atoms with van der Waals surface area (Å²) in [6.07, 6.45) is -1.21. The van der Waals surface area contributed by atoms with Gasteiger partial charge in [0.2, 0.25) is 0 Å². The smallest absolute Gasteiger partial charge is 0.407 e. The van der Waals surface area contributed by atoms with Crippen LogP contribution in [0.25, 0.3) is 0 Å². The van der Waals surface area contributed by atoms with Crippen LogP contribution >= 0.6 is 0 Å². The molecule has 0 saturated heterocycles. The van der Waals surface area contributed by atoms with Crippen LogP contribution in [0.3, 0.4) is 0 Å². The molecule has 0 bridgehead atoms. The molecule has 0 saturated carbocycles. The minimum atomic E-state index is -0.624. The Balaban J connectivity index is 0.00000477. The van der Waals surface area contributed by atoms with E-state index in [1.165, 1.54) is 0 Å².